The second kappa shape index (κ2) is 9.38. The first-order valence-corrected chi connectivity index (χ1v) is 11.8. The average molecular weight is 487 g/mol. The van der Waals surface area contributed by atoms with Gasteiger partial charge in [0.1, 0.15) is 23.7 Å². The Hall–Kier alpha value is -2.73. The molecule has 0 aliphatic carbocycles. The molecule has 1 aromatic heterocycles. The second-order valence-corrected chi connectivity index (χ2v) is 9.08. The molecule has 1 saturated heterocycles. The molecule has 6 N–H and O–H groups in total. The number of ether oxygens (including phenoxy) is 3. The number of aromatic amines is 1. The Morgan fingerprint density at radius 1 is 1.14 bits per heavy atom. The normalized spacial score (nSPS) is 28.2. The van der Waals surface area contributed by atoms with Crippen LogP contribution in [-0.2, 0) is 30.4 Å². The molecule has 0 bridgehead atoms. The van der Waals surface area contributed by atoms with Crippen LogP contribution in [0.4, 0.5) is 0 Å². The predicted octanol–water partition coefficient (Wildman–Crippen LogP) is 0.344. The first kappa shape index (κ1) is 24.0. The highest BCUT2D eigenvalue weighted by Gasteiger charge is 2.57. The minimum Gasteiger partial charge on any atom is -0.493 e. The standard InChI is InChI=1S/C25H30N2O8/c1-2-13-10-17-21(16(26-27-17)5-3-14-4-6-18-15(9-14)7-8-33-18)19(11-13)35-25(32)23(30)22(29)20(12-28)34-24(25)31/h4,6,9-11,20,22-24,28-32H,2-3,5,7-8,12H2,1H3,(H,26,27)/t20-,22-,23+,24-,25+/m1/s1. The number of rotatable bonds is 7. The minimum absolute atomic E-state index is 0.185. The van der Waals surface area contributed by atoms with Crippen molar-refractivity contribution in [1.82, 2.24) is 10.2 Å². The van der Waals surface area contributed by atoms with Gasteiger partial charge in [0.05, 0.1) is 29.8 Å². The third-order valence-corrected chi connectivity index (χ3v) is 6.81. The maximum absolute atomic E-state index is 11.1. The van der Waals surface area contributed by atoms with Crippen LogP contribution < -0.4 is 9.47 Å². The summed E-state index contributed by atoms with van der Waals surface area (Å²) in [4.78, 5) is 0. The Balaban J connectivity index is 1.46. The van der Waals surface area contributed by atoms with Gasteiger partial charge in [0.2, 0.25) is 6.29 Å². The van der Waals surface area contributed by atoms with Crippen LogP contribution in [0.5, 0.6) is 11.5 Å². The van der Waals surface area contributed by atoms with E-state index in [1.54, 1.807) is 6.07 Å². The van der Waals surface area contributed by atoms with Gasteiger partial charge in [0.25, 0.3) is 5.79 Å². The molecule has 3 heterocycles. The van der Waals surface area contributed by atoms with Crippen LogP contribution in [0, 0.1) is 0 Å². The highest BCUT2D eigenvalue weighted by Crippen LogP contribution is 2.37. The van der Waals surface area contributed by atoms with E-state index >= 15 is 0 Å². The van der Waals surface area contributed by atoms with E-state index in [2.05, 4.69) is 16.3 Å². The lowest BCUT2D eigenvalue weighted by molar-refractivity contribution is -0.385. The monoisotopic (exact) mass is 486 g/mol. The largest absolute Gasteiger partial charge is 0.493 e. The van der Waals surface area contributed by atoms with Crippen molar-refractivity contribution in [3.05, 3.63) is 52.7 Å². The third kappa shape index (κ3) is 4.26. The molecule has 2 aliphatic rings. The first-order chi connectivity index (χ1) is 16.8. The molecule has 0 unspecified atom stereocenters. The van der Waals surface area contributed by atoms with Gasteiger partial charge in [0, 0.05) is 6.42 Å². The molecule has 0 spiro atoms. The van der Waals surface area contributed by atoms with Gasteiger partial charge in [-0.15, -0.1) is 0 Å². The molecule has 10 heteroatoms. The number of nitrogens with zero attached hydrogens (tertiary/aromatic N) is 1. The van der Waals surface area contributed by atoms with Crippen molar-refractivity contribution >= 4 is 10.9 Å². The summed E-state index contributed by atoms with van der Waals surface area (Å²) >= 11 is 0. The summed E-state index contributed by atoms with van der Waals surface area (Å²) in [6.07, 6.45) is -4.07. The Labute approximate surface area is 201 Å². The SMILES string of the molecule is CCc1cc(O[C@]2(O)[C@H](O)O[C@H](CO)[C@@H](O)[C@@H]2O)c2c(CCc3ccc4c(c3)CCO4)n[nH]c2c1. The van der Waals surface area contributed by atoms with Gasteiger partial charge in [-0.05, 0) is 54.2 Å². The van der Waals surface area contributed by atoms with E-state index in [9.17, 15) is 25.5 Å². The number of hydrogen-bond acceptors (Lipinski definition) is 9. The quantitative estimate of drug-likeness (QED) is 0.259. The van der Waals surface area contributed by atoms with Crippen molar-refractivity contribution in [2.45, 2.75) is 63.0 Å². The maximum atomic E-state index is 11.1. The van der Waals surface area contributed by atoms with E-state index in [-0.39, 0.29) is 5.75 Å². The Kier molecular flexibility index (Phi) is 6.43. The summed E-state index contributed by atoms with van der Waals surface area (Å²) in [5.74, 6) is -1.56. The van der Waals surface area contributed by atoms with Gasteiger partial charge in [0.15, 0.2) is 6.10 Å². The number of H-pyrrole nitrogens is 1. The Bertz CT molecular complexity index is 1210. The van der Waals surface area contributed by atoms with Gasteiger partial charge >= 0.3 is 0 Å². The number of aliphatic hydroxyl groups excluding tert-OH is 4. The predicted molar refractivity (Wildman–Crippen MR) is 124 cm³/mol. The van der Waals surface area contributed by atoms with Crippen molar-refractivity contribution < 1.29 is 39.7 Å². The van der Waals surface area contributed by atoms with Gasteiger partial charge in [-0.25, -0.2) is 0 Å². The summed E-state index contributed by atoms with van der Waals surface area (Å²) in [5.41, 5.74) is 4.57. The number of fused-ring (bicyclic) bond motifs is 2. The van der Waals surface area contributed by atoms with Crippen molar-refractivity contribution in [2.24, 2.45) is 0 Å². The van der Waals surface area contributed by atoms with Crippen molar-refractivity contribution in [2.75, 3.05) is 13.2 Å². The summed E-state index contributed by atoms with van der Waals surface area (Å²) < 4.78 is 16.5. The third-order valence-electron chi connectivity index (χ3n) is 6.81. The van der Waals surface area contributed by atoms with E-state index in [1.807, 2.05) is 25.1 Å². The molecule has 5 atom stereocenters. The zero-order valence-electron chi connectivity index (χ0n) is 19.3. The van der Waals surface area contributed by atoms with E-state index in [0.717, 1.165) is 23.3 Å². The van der Waals surface area contributed by atoms with Crippen molar-refractivity contribution in [3.63, 3.8) is 0 Å². The fourth-order valence-corrected chi connectivity index (χ4v) is 4.74. The highest BCUT2D eigenvalue weighted by atomic mass is 16.7. The zero-order chi connectivity index (χ0) is 24.7. The van der Waals surface area contributed by atoms with Gasteiger partial charge in [-0.1, -0.05) is 19.1 Å². The highest BCUT2D eigenvalue weighted by molar-refractivity contribution is 5.88. The fraction of sp³-hybridized carbons (Fsp3) is 0.480. The van der Waals surface area contributed by atoms with Crippen molar-refractivity contribution in [3.8, 4) is 11.5 Å². The molecule has 10 nitrogen and oxygen atoms in total. The maximum Gasteiger partial charge on any atom is 0.288 e. The number of nitrogens with one attached hydrogen (secondary N) is 1. The molecule has 0 radical (unpaired) electrons. The Morgan fingerprint density at radius 2 is 1.97 bits per heavy atom. The average Bonchev–Trinajstić information content (AvgIpc) is 3.50. The lowest BCUT2D eigenvalue weighted by Crippen LogP contribution is -2.69. The van der Waals surface area contributed by atoms with Crippen LogP contribution in [0.3, 0.4) is 0 Å². The summed E-state index contributed by atoms with van der Waals surface area (Å²) in [7, 11) is 0. The van der Waals surface area contributed by atoms with E-state index in [1.165, 1.54) is 5.56 Å². The number of aliphatic hydroxyl groups is 5. The Morgan fingerprint density at radius 3 is 2.74 bits per heavy atom. The summed E-state index contributed by atoms with van der Waals surface area (Å²) in [6, 6.07) is 9.78. The molecular weight excluding hydrogens is 456 g/mol. The van der Waals surface area contributed by atoms with Crippen molar-refractivity contribution in [1.29, 1.82) is 0 Å². The van der Waals surface area contributed by atoms with Crippen LogP contribution in [0.25, 0.3) is 10.9 Å². The number of aryl methyl sites for hydroxylation is 3. The molecule has 35 heavy (non-hydrogen) atoms. The molecular formula is C25H30N2O8. The molecule has 2 aliphatic heterocycles. The number of benzene rings is 2. The van der Waals surface area contributed by atoms with Gasteiger partial charge in [-0.2, -0.15) is 5.10 Å². The molecule has 0 amide bonds. The minimum atomic E-state index is -2.67. The fourth-order valence-electron chi connectivity index (χ4n) is 4.74. The van der Waals surface area contributed by atoms with E-state index < -0.39 is 37.0 Å². The van der Waals surface area contributed by atoms with Crippen LogP contribution in [0.1, 0.15) is 29.3 Å². The van der Waals surface area contributed by atoms with E-state index in [4.69, 9.17) is 14.2 Å². The molecule has 3 aromatic rings. The lowest BCUT2D eigenvalue weighted by atomic mass is 9.95. The number of hydrogen-bond donors (Lipinski definition) is 6. The van der Waals surface area contributed by atoms with Gasteiger partial charge < -0.3 is 39.7 Å². The molecule has 5 rings (SSSR count). The topological polar surface area (TPSA) is 158 Å². The lowest BCUT2D eigenvalue weighted by Gasteiger charge is -2.45. The van der Waals surface area contributed by atoms with Crippen LogP contribution >= 0.6 is 0 Å². The van der Waals surface area contributed by atoms with Gasteiger partial charge in [-0.3, -0.25) is 5.10 Å². The van der Waals surface area contributed by atoms with Crippen LogP contribution in [0.15, 0.2) is 30.3 Å². The smallest absolute Gasteiger partial charge is 0.288 e. The molecule has 0 saturated carbocycles. The molecule has 2 aromatic carbocycles. The van der Waals surface area contributed by atoms with Crippen LogP contribution in [0.2, 0.25) is 0 Å². The number of aromatic nitrogens is 2. The first-order valence-electron chi connectivity index (χ1n) is 11.8. The summed E-state index contributed by atoms with van der Waals surface area (Å²) in [5, 5.41) is 59.7. The van der Waals surface area contributed by atoms with E-state index in [0.29, 0.717) is 42.5 Å². The zero-order valence-corrected chi connectivity index (χ0v) is 19.3. The van der Waals surface area contributed by atoms with Crippen LogP contribution in [-0.4, -0.2) is 79.3 Å². The molecule has 188 valence electrons. The second-order valence-electron chi connectivity index (χ2n) is 9.08. The summed E-state index contributed by atoms with van der Waals surface area (Å²) in [6.45, 7) is 2.00. The molecule has 1 fully saturated rings.